The summed E-state index contributed by atoms with van der Waals surface area (Å²) in [5, 5.41) is 12.6. The number of aliphatic hydroxyl groups is 1. The van der Waals surface area contributed by atoms with Crippen LogP contribution < -0.4 is 14.8 Å². The van der Waals surface area contributed by atoms with Crippen LogP contribution in [-0.2, 0) is 11.2 Å². The van der Waals surface area contributed by atoms with Gasteiger partial charge in [-0.25, -0.2) is 4.79 Å². The fourth-order valence-electron chi connectivity index (χ4n) is 2.47. The zero-order valence-corrected chi connectivity index (χ0v) is 15.1. The van der Waals surface area contributed by atoms with Gasteiger partial charge in [0.05, 0.1) is 26.4 Å². The van der Waals surface area contributed by atoms with Crippen molar-refractivity contribution < 1.29 is 24.1 Å². The molecule has 0 heterocycles. The van der Waals surface area contributed by atoms with E-state index in [1.165, 1.54) is 0 Å². The Kier molecular flexibility index (Phi) is 7.92. The van der Waals surface area contributed by atoms with Crippen LogP contribution in [0.3, 0.4) is 0 Å². The van der Waals surface area contributed by atoms with E-state index in [0.717, 1.165) is 12.0 Å². The van der Waals surface area contributed by atoms with Gasteiger partial charge in [0.25, 0.3) is 0 Å². The Morgan fingerprint density at radius 3 is 2.46 bits per heavy atom. The molecule has 1 unspecified atom stereocenters. The molecular formula is C20H25NO5. The minimum absolute atomic E-state index is 0.234. The van der Waals surface area contributed by atoms with Crippen LogP contribution in [0.4, 0.5) is 0 Å². The first-order valence-electron chi connectivity index (χ1n) is 8.46. The van der Waals surface area contributed by atoms with E-state index in [1.807, 2.05) is 24.3 Å². The van der Waals surface area contributed by atoms with Crippen LogP contribution in [0.15, 0.2) is 48.5 Å². The SMILES string of the molecule is COc1ccc(CCNCC(CO)OC(=O)c2ccccc2)cc1OC. The zero-order valence-electron chi connectivity index (χ0n) is 15.1. The van der Waals surface area contributed by atoms with Crippen molar-refractivity contribution in [3.05, 3.63) is 59.7 Å². The molecule has 6 heteroatoms. The molecule has 0 amide bonds. The van der Waals surface area contributed by atoms with E-state index in [2.05, 4.69) is 5.32 Å². The molecule has 140 valence electrons. The number of carbonyl (C=O) groups excluding carboxylic acids is 1. The molecule has 0 saturated heterocycles. The normalized spacial score (nSPS) is 11.7. The summed E-state index contributed by atoms with van der Waals surface area (Å²) >= 11 is 0. The maximum Gasteiger partial charge on any atom is 0.338 e. The van der Waals surface area contributed by atoms with E-state index in [0.29, 0.717) is 30.2 Å². The lowest BCUT2D eigenvalue weighted by atomic mass is 10.1. The third-order valence-corrected chi connectivity index (χ3v) is 3.90. The van der Waals surface area contributed by atoms with Crippen LogP contribution in [0.25, 0.3) is 0 Å². The highest BCUT2D eigenvalue weighted by Crippen LogP contribution is 2.27. The molecule has 26 heavy (non-hydrogen) atoms. The maximum absolute atomic E-state index is 12.0. The van der Waals surface area contributed by atoms with Crippen molar-refractivity contribution in [1.29, 1.82) is 0 Å². The van der Waals surface area contributed by atoms with Crippen molar-refractivity contribution >= 4 is 5.97 Å². The predicted octanol–water partition coefficient (Wildman–Crippen LogP) is 2.05. The van der Waals surface area contributed by atoms with Gasteiger partial charge in [-0.3, -0.25) is 0 Å². The number of hydrogen-bond acceptors (Lipinski definition) is 6. The van der Waals surface area contributed by atoms with Gasteiger partial charge in [-0.15, -0.1) is 0 Å². The van der Waals surface area contributed by atoms with E-state index in [1.54, 1.807) is 38.5 Å². The molecule has 6 nitrogen and oxygen atoms in total. The fraction of sp³-hybridized carbons (Fsp3) is 0.350. The van der Waals surface area contributed by atoms with Crippen molar-refractivity contribution in [2.45, 2.75) is 12.5 Å². The van der Waals surface area contributed by atoms with Crippen molar-refractivity contribution in [2.24, 2.45) is 0 Å². The summed E-state index contributed by atoms with van der Waals surface area (Å²) in [6, 6.07) is 14.5. The molecule has 2 rings (SSSR count). The van der Waals surface area contributed by atoms with Crippen molar-refractivity contribution in [1.82, 2.24) is 5.32 Å². The average Bonchev–Trinajstić information content (AvgIpc) is 2.70. The molecule has 0 aliphatic heterocycles. The first kappa shape index (κ1) is 19.8. The number of carbonyl (C=O) groups is 1. The number of aliphatic hydroxyl groups excluding tert-OH is 1. The molecule has 0 radical (unpaired) electrons. The largest absolute Gasteiger partial charge is 0.493 e. The summed E-state index contributed by atoms with van der Waals surface area (Å²) in [4.78, 5) is 12.0. The predicted molar refractivity (Wildman–Crippen MR) is 98.9 cm³/mol. The molecule has 0 saturated carbocycles. The van der Waals surface area contributed by atoms with Crippen LogP contribution in [0.1, 0.15) is 15.9 Å². The smallest absolute Gasteiger partial charge is 0.338 e. The van der Waals surface area contributed by atoms with E-state index >= 15 is 0 Å². The highest BCUT2D eigenvalue weighted by Gasteiger charge is 2.14. The first-order valence-corrected chi connectivity index (χ1v) is 8.46. The van der Waals surface area contributed by atoms with Gasteiger partial charge in [0, 0.05) is 6.54 Å². The zero-order chi connectivity index (χ0) is 18.8. The minimum Gasteiger partial charge on any atom is -0.493 e. The highest BCUT2D eigenvalue weighted by atomic mass is 16.6. The van der Waals surface area contributed by atoms with Gasteiger partial charge in [0.15, 0.2) is 11.5 Å². The summed E-state index contributed by atoms with van der Waals surface area (Å²) < 4.78 is 15.8. The number of hydrogen-bond donors (Lipinski definition) is 2. The molecule has 0 aliphatic carbocycles. The van der Waals surface area contributed by atoms with Gasteiger partial charge in [-0.2, -0.15) is 0 Å². The quantitative estimate of drug-likeness (QED) is 0.499. The van der Waals surface area contributed by atoms with E-state index in [9.17, 15) is 9.90 Å². The standard InChI is InChI=1S/C20H25NO5/c1-24-18-9-8-15(12-19(18)25-2)10-11-21-13-17(14-22)26-20(23)16-6-4-3-5-7-16/h3-9,12,17,21-22H,10-11,13-14H2,1-2H3. The van der Waals surface area contributed by atoms with E-state index < -0.39 is 12.1 Å². The third kappa shape index (κ3) is 5.75. The number of methoxy groups -OCH3 is 2. The summed E-state index contributed by atoms with van der Waals surface area (Å²) in [5.74, 6) is 0.943. The van der Waals surface area contributed by atoms with Crippen molar-refractivity contribution in [2.75, 3.05) is 33.9 Å². The summed E-state index contributed by atoms with van der Waals surface area (Å²) in [6.45, 7) is 0.819. The number of esters is 1. The molecule has 0 bridgehead atoms. The van der Waals surface area contributed by atoms with Gasteiger partial charge < -0.3 is 24.6 Å². The second-order valence-corrected chi connectivity index (χ2v) is 5.72. The molecule has 2 aromatic rings. The first-order chi connectivity index (χ1) is 12.7. The number of nitrogens with one attached hydrogen (secondary N) is 1. The molecule has 0 spiro atoms. The Morgan fingerprint density at radius 1 is 1.08 bits per heavy atom. The van der Waals surface area contributed by atoms with E-state index in [4.69, 9.17) is 14.2 Å². The third-order valence-electron chi connectivity index (χ3n) is 3.90. The lowest BCUT2D eigenvalue weighted by molar-refractivity contribution is 0.0144. The maximum atomic E-state index is 12.0. The Hall–Kier alpha value is -2.57. The van der Waals surface area contributed by atoms with Gasteiger partial charge in [0.1, 0.15) is 6.10 Å². The van der Waals surface area contributed by atoms with Gasteiger partial charge >= 0.3 is 5.97 Å². The van der Waals surface area contributed by atoms with Crippen LogP contribution in [-0.4, -0.2) is 51.1 Å². The van der Waals surface area contributed by atoms with Gasteiger partial charge in [-0.05, 0) is 42.8 Å². The van der Waals surface area contributed by atoms with Gasteiger partial charge in [0.2, 0.25) is 0 Å². The molecule has 0 aliphatic rings. The highest BCUT2D eigenvalue weighted by molar-refractivity contribution is 5.89. The minimum atomic E-state index is -0.590. The molecule has 2 aromatic carbocycles. The second kappa shape index (κ2) is 10.4. The Morgan fingerprint density at radius 2 is 1.81 bits per heavy atom. The molecule has 0 aromatic heterocycles. The summed E-state index contributed by atoms with van der Waals surface area (Å²) in [5.41, 5.74) is 1.56. The lowest BCUT2D eigenvalue weighted by Gasteiger charge is -2.16. The Bertz CT molecular complexity index is 690. The van der Waals surface area contributed by atoms with Crippen LogP contribution >= 0.6 is 0 Å². The molecular weight excluding hydrogens is 334 g/mol. The Labute approximate surface area is 153 Å². The number of benzene rings is 2. The van der Waals surface area contributed by atoms with Crippen molar-refractivity contribution in [3.63, 3.8) is 0 Å². The van der Waals surface area contributed by atoms with Gasteiger partial charge in [-0.1, -0.05) is 24.3 Å². The van der Waals surface area contributed by atoms with Crippen LogP contribution in [0, 0.1) is 0 Å². The molecule has 1 atom stereocenters. The molecule has 0 fully saturated rings. The van der Waals surface area contributed by atoms with Crippen molar-refractivity contribution in [3.8, 4) is 11.5 Å². The molecule has 2 N–H and O–H groups in total. The second-order valence-electron chi connectivity index (χ2n) is 5.72. The van der Waals surface area contributed by atoms with Crippen LogP contribution in [0.5, 0.6) is 11.5 Å². The lowest BCUT2D eigenvalue weighted by Crippen LogP contribution is -2.34. The number of ether oxygens (including phenoxy) is 3. The topological polar surface area (TPSA) is 77.0 Å². The fourth-order valence-corrected chi connectivity index (χ4v) is 2.47. The van der Waals surface area contributed by atoms with E-state index in [-0.39, 0.29) is 6.61 Å². The van der Waals surface area contributed by atoms with Crippen LogP contribution in [0.2, 0.25) is 0 Å². The number of rotatable bonds is 10. The Balaban J connectivity index is 1.78. The average molecular weight is 359 g/mol. The summed E-state index contributed by atoms with van der Waals surface area (Å²) in [7, 11) is 3.21. The summed E-state index contributed by atoms with van der Waals surface area (Å²) in [6.07, 6.45) is 0.179. The monoisotopic (exact) mass is 359 g/mol.